The first kappa shape index (κ1) is 15.3. The molecule has 1 saturated carbocycles. The van der Waals surface area contributed by atoms with Crippen molar-refractivity contribution in [2.45, 2.75) is 50.4 Å². The zero-order chi connectivity index (χ0) is 14.9. The molecule has 1 unspecified atom stereocenters. The number of thioether (sulfide) groups is 1. The minimum atomic E-state index is -0.862. The molecule has 1 aliphatic carbocycles. The molecule has 0 saturated heterocycles. The second-order valence-electron chi connectivity index (χ2n) is 5.73. The van der Waals surface area contributed by atoms with E-state index < -0.39 is 11.5 Å². The Morgan fingerprint density at radius 3 is 2.60 bits per heavy atom. The summed E-state index contributed by atoms with van der Waals surface area (Å²) in [5, 5.41) is 21.9. The molecule has 0 spiro atoms. The van der Waals surface area contributed by atoms with Crippen molar-refractivity contribution in [3.63, 3.8) is 0 Å². The van der Waals surface area contributed by atoms with Crippen molar-refractivity contribution in [1.82, 2.24) is 20.1 Å². The van der Waals surface area contributed by atoms with Crippen molar-refractivity contribution < 1.29 is 9.90 Å². The molecule has 1 aromatic heterocycles. The van der Waals surface area contributed by atoms with E-state index in [9.17, 15) is 9.90 Å². The molecular weight excluding hydrogens is 276 g/mol. The van der Waals surface area contributed by atoms with Crippen LogP contribution in [0.1, 0.15) is 32.5 Å². The number of carboxylic acids is 1. The Kier molecular flexibility index (Phi) is 4.39. The average molecular weight is 298 g/mol. The second kappa shape index (κ2) is 5.73. The summed E-state index contributed by atoms with van der Waals surface area (Å²) in [5.74, 6) is 0.748. The molecule has 1 heterocycles. The zero-order valence-electron chi connectivity index (χ0n) is 12.4. The van der Waals surface area contributed by atoms with Gasteiger partial charge in [0.25, 0.3) is 0 Å². The molecule has 1 atom stereocenters. The molecule has 0 radical (unpaired) electrons. The number of rotatable bonds is 7. The van der Waals surface area contributed by atoms with E-state index in [0.29, 0.717) is 5.75 Å². The molecule has 112 valence electrons. The van der Waals surface area contributed by atoms with Gasteiger partial charge < -0.3 is 9.67 Å². The standard InChI is InChI=1S/C13H22N4O2S/c1-8(2)14-13(11(18)19,10-5-6-10)7-20-12-16-15-9(3)17(12)4/h8,10,14H,5-7H2,1-4H3,(H,18,19). The highest BCUT2D eigenvalue weighted by Gasteiger charge is 2.51. The first-order valence-electron chi connectivity index (χ1n) is 6.86. The predicted octanol–water partition coefficient (Wildman–Crippen LogP) is 1.45. The summed E-state index contributed by atoms with van der Waals surface area (Å²) in [5.41, 5.74) is -0.862. The van der Waals surface area contributed by atoms with Crippen LogP contribution >= 0.6 is 11.8 Å². The van der Waals surface area contributed by atoms with Crippen LogP contribution in [0.2, 0.25) is 0 Å². The Bertz CT molecular complexity index is 499. The summed E-state index contributed by atoms with van der Waals surface area (Å²) >= 11 is 1.46. The fourth-order valence-corrected chi connectivity index (χ4v) is 3.58. The van der Waals surface area contributed by atoms with Crippen LogP contribution in [-0.4, -0.2) is 43.2 Å². The van der Waals surface area contributed by atoms with Crippen molar-refractivity contribution in [3.05, 3.63) is 5.82 Å². The minimum absolute atomic E-state index is 0.133. The van der Waals surface area contributed by atoms with Crippen LogP contribution in [0.25, 0.3) is 0 Å². The zero-order valence-corrected chi connectivity index (χ0v) is 13.2. The molecule has 2 rings (SSSR count). The van der Waals surface area contributed by atoms with E-state index in [4.69, 9.17) is 0 Å². The van der Waals surface area contributed by atoms with Crippen molar-refractivity contribution >= 4 is 17.7 Å². The Morgan fingerprint density at radius 2 is 2.20 bits per heavy atom. The van der Waals surface area contributed by atoms with Crippen LogP contribution < -0.4 is 5.32 Å². The molecule has 0 amide bonds. The maximum atomic E-state index is 11.8. The van der Waals surface area contributed by atoms with Gasteiger partial charge in [-0.25, -0.2) is 0 Å². The van der Waals surface area contributed by atoms with Gasteiger partial charge in [-0.1, -0.05) is 11.8 Å². The van der Waals surface area contributed by atoms with Gasteiger partial charge in [0.05, 0.1) is 0 Å². The molecule has 2 N–H and O–H groups in total. The number of nitrogens with zero attached hydrogens (tertiary/aromatic N) is 3. The van der Waals surface area contributed by atoms with Gasteiger partial charge in [0, 0.05) is 18.8 Å². The normalized spacial score (nSPS) is 18.2. The number of carboxylic acid groups (broad SMARTS) is 1. The first-order chi connectivity index (χ1) is 9.36. The molecule has 20 heavy (non-hydrogen) atoms. The first-order valence-corrected chi connectivity index (χ1v) is 7.85. The number of aryl methyl sites for hydroxylation is 1. The molecule has 1 fully saturated rings. The lowest BCUT2D eigenvalue weighted by molar-refractivity contribution is -0.145. The SMILES string of the molecule is Cc1nnc(SCC(NC(C)C)(C(=O)O)C2CC2)n1C. The van der Waals surface area contributed by atoms with Crippen LogP contribution in [0.15, 0.2) is 5.16 Å². The Morgan fingerprint density at radius 1 is 1.55 bits per heavy atom. The van der Waals surface area contributed by atoms with Crippen molar-refractivity contribution in [3.8, 4) is 0 Å². The maximum Gasteiger partial charge on any atom is 0.325 e. The van der Waals surface area contributed by atoms with Gasteiger partial charge in [0.1, 0.15) is 11.4 Å². The number of hydrogen-bond donors (Lipinski definition) is 2. The number of carbonyl (C=O) groups is 1. The molecule has 0 aromatic carbocycles. The van der Waals surface area contributed by atoms with Crippen LogP contribution in [0.4, 0.5) is 0 Å². The van der Waals surface area contributed by atoms with Crippen LogP contribution in [0.3, 0.4) is 0 Å². The van der Waals surface area contributed by atoms with Crippen molar-refractivity contribution in [2.75, 3.05) is 5.75 Å². The summed E-state index contributed by atoms with van der Waals surface area (Å²) < 4.78 is 1.89. The topological polar surface area (TPSA) is 80.0 Å². The highest BCUT2D eigenvalue weighted by atomic mass is 32.2. The summed E-state index contributed by atoms with van der Waals surface area (Å²) in [6, 6.07) is 0.133. The van der Waals surface area contributed by atoms with Gasteiger partial charge in [-0.05, 0) is 39.5 Å². The summed E-state index contributed by atoms with van der Waals surface area (Å²) in [6.07, 6.45) is 1.95. The second-order valence-corrected chi connectivity index (χ2v) is 6.67. The third kappa shape index (κ3) is 2.98. The third-order valence-corrected chi connectivity index (χ3v) is 4.90. The van der Waals surface area contributed by atoms with Crippen molar-refractivity contribution in [2.24, 2.45) is 13.0 Å². The molecule has 6 nitrogen and oxygen atoms in total. The molecule has 1 aromatic rings. The summed E-state index contributed by atoms with van der Waals surface area (Å²) in [6.45, 7) is 5.85. The average Bonchev–Trinajstić information content (AvgIpc) is 3.15. The van der Waals surface area contributed by atoms with Gasteiger partial charge in [0.15, 0.2) is 5.16 Å². The fourth-order valence-electron chi connectivity index (χ4n) is 2.36. The van der Waals surface area contributed by atoms with Crippen LogP contribution in [-0.2, 0) is 11.8 Å². The van der Waals surface area contributed by atoms with Gasteiger partial charge in [-0.15, -0.1) is 10.2 Å². The smallest absolute Gasteiger partial charge is 0.325 e. The van der Waals surface area contributed by atoms with E-state index in [1.807, 2.05) is 32.4 Å². The molecular formula is C13H22N4O2S. The minimum Gasteiger partial charge on any atom is -0.480 e. The maximum absolute atomic E-state index is 11.8. The van der Waals surface area contributed by atoms with E-state index in [-0.39, 0.29) is 12.0 Å². The lowest BCUT2D eigenvalue weighted by Crippen LogP contribution is -2.58. The van der Waals surface area contributed by atoms with E-state index in [1.54, 1.807) is 0 Å². The Hall–Kier alpha value is -1.08. The van der Waals surface area contributed by atoms with Crippen LogP contribution in [0.5, 0.6) is 0 Å². The van der Waals surface area contributed by atoms with E-state index >= 15 is 0 Å². The van der Waals surface area contributed by atoms with E-state index in [0.717, 1.165) is 23.8 Å². The summed E-state index contributed by atoms with van der Waals surface area (Å²) in [7, 11) is 1.90. The molecule has 1 aliphatic rings. The van der Waals surface area contributed by atoms with Crippen LogP contribution in [0, 0.1) is 12.8 Å². The van der Waals surface area contributed by atoms with Gasteiger partial charge >= 0.3 is 5.97 Å². The number of hydrogen-bond acceptors (Lipinski definition) is 5. The van der Waals surface area contributed by atoms with Gasteiger partial charge in [-0.2, -0.15) is 0 Å². The molecule has 0 bridgehead atoms. The lowest BCUT2D eigenvalue weighted by Gasteiger charge is -2.32. The fraction of sp³-hybridized carbons (Fsp3) is 0.769. The quantitative estimate of drug-likeness (QED) is 0.742. The highest BCUT2D eigenvalue weighted by Crippen LogP contribution is 2.42. The van der Waals surface area contributed by atoms with E-state index in [1.165, 1.54) is 11.8 Å². The number of aromatic nitrogens is 3. The highest BCUT2D eigenvalue weighted by molar-refractivity contribution is 7.99. The molecule has 7 heteroatoms. The number of nitrogens with one attached hydrogen (secondary N) is 1. The van der Waals surface area contributed by atoms with Gasteiger partial charge in [0.2, 0.25) is 0 Å². The molecule has 0 aliphatic heterocycles. The largest absolute Gasteiger partial charge is 0.480 e. The van der Waals surface area contributed by atoms with E-state index in [2.05, 4.69) is 15.5 Å². The summed E-state index contributed by atoms with van der Waals surface area (Å²) in [4.78, 5) is 11.8. The predicted molar refractivity (Wildman–Crippen MR) is 77.8 cm³/mol. The lowest BCUT2D eigenvalue weighted by atomic mass is 9.94. The van der Waals surface area contributed by atoms with Crippen molar-refractivity contribution in [1.29, 1.82) is 0 Å². The number of aliphatic carboxylic acids is 1. The monoisotopic (exact) mass is 298 g/mol. The van der Waals surface area contributed by atoms with Gasteiger partial charge in [-0.3, -0.25) is 10.1 Å². The third-order valence-electron chi connectivity index (χ3n) is 3.68. The Balaban J connectivity index is 2.15. The Labute approximate surface area is 123 Å².